The first-order chi connectivity index (χ1) is 15.1. The van der Waals surface area contributed by atoms with Gasteiger partial charge in [-0.1, -0.05) is 6.92 Å². The van der Waals surface area contributed by atoms with E-state index in [0.29, 0.717) is 43.2 Å². The lowest BCUT2D eigenvalue weighted by atomic mass is 9.94. The van der Waals surface area contributed by atoms with Crippen molar-refractivity contribution in [3.63, 3.8) is 0 Å². The molecule has 0 saturated carbocycles. The molecule has 2 saturated heterocycles. The summed E-state index contributed by atoms with van der Waals surface area (Å²) >= 11 is 0. The number of amides is 1. The summed E-state index contributed by atoms with van der Waals surface area (Å²) in [7, 11) is -3.96. The molecule has 2 aliphatic rings. The number of ether oxygens (including phenoxy) is 1. The third-order valence-corrected chi connectivity index (χ3v) is 8.98. The van der Waals surface area contributed by atoms with E-state index >= 15 is 0 Å². The summed E-state index contributed by atoms with van der Waals surface area (Å²) in [5.41, 5.74) is 1.24. The number of nitrogens with zero attached hydrogens (tertiary/aromatic N) is 3. The van der Waals surface area contributed by atoms with E-state index in [2.05, 4.69) is 6.92 Å². The van der Waals surface area contributed by atoms with Crippen LogP contribution in [0.25, 0.3) is 0 Å². The molecule has 0 N–H and O–H groups in total. The van der Waals surface area contributed by atoms with Crippen LogP contribution in [0.4, 0.5) is 0 Å². The Bertz CT molecular complexity index is 961. The number of aromatic nitrogens is 1. The maximum atomic E-state index is 13.8. The SMILES string of the molecule is CCOC(=O)c1c(S(=O)(=O)N2CCC[C@@H](C(=O)N3CCC(C)CC3)C2)c(C)n(CC)c1C. The second kappa shape index (κ2) is 9.95. The van der Waals surface area contributed by atoms with E-state index in [4.69, 9.17) is 4.74 Å². The Balaban J connectivity index is 1.91. The molecule has 3 rings (SSSR count). The Hall–Kier alpha value is -1.87. The quantitative estimate of drug-likeness (QED) is 0.600. The summed E-state index contributed by atoms with van der Waals surface area (Å²) in [6.07, 6.45) is 3.30. The van der Waals surface area contributed by atoms with Gasteiger partial charge in [0.2, 0.25) is 15.9 Å². The second-order valence-electron chi connectivity index (χ2n) is 9.05. The van der Waals surface area contributed by atoms with Crippen LogP contribution in [-0.2, 0) is 26.1 Å². The lowest BCUT2D eigenvalue weighted by Crippen LogP contribution is -2.48. The highest BCUT2D eigenvalue weighted by molar-refractivity contribution is 7.89. The molecule has 0 radical (unpaired) electrons. The zero-order chi connectivity index (χ0) is 23.6. The van der Waals surface area contributed by atoms with Gasteiger partial charge in [-0.05, 0) is 59.3 Å². The van der Waals surface area contributed by atoms with Crippen LogP contribution in [0.5, 0.6) is 0 Å². The van der Waals surface area contributed by atoms with Crippen molar-refractivity contribution in [2.45, 2.75) is 71.7 Å². The Labute approximate surface area is 191 Å². The molecular weight excluding hydrogens is 430 g/mol. The van der Waals surface area contributed by atoms with Crippen LogP contribution in [0.3, 0.4) is 0 Å². The summed E-state index contributed by atoms with van der Waals surface area (Å²) in [5, 5.41) is 0. The van der Waals surface area contributed by atoms with Gasteiger partial charge >= 0.3 is 5.97 Å². The second-order valence-corrected chi connectivity index (χ2v) is 10.9. The summed E-state index contributed by atoms with van der Waals surface area (Å²) < 4.78 is 36.0. The van der Waals surface area contributed by atoms with Crippen molar-refractivity contribution in [3.8, 4) is 0 Å². The normalized spacial score (nSPS) is 21.0. The minimum Gasteiger partial charge on any atom is -0.462 e. The van der Waals surface area contributed by atoms with E-state index in [-0.39, 0.29) is 35.4 Å². The van der Waals surface area contributed by atoms with Gasteiger partial charge in [0, 0.05) is 44.1 Å². The van der Waals surface area contributed by atoms with E-state index in [1.165, 1.54) is 4.31 Å². The molecule has 3 heterocycles. The predicted molar refractivity (Wildman–Crippen MR) is 122 cm³/mol. The van der Waals surface area contributed by atoms with Crippen LogP contribution >= 0.6 is 0 Å². The van der Waals surface area contributed by atoms with Crippen LogP contribution in [0.2, 0.25) is 0 Å². The van der Waals surface area contributed by atoms with Crippen LogP contribution < -0.4 is 0 Å². The average Bonchev–Trinajstić information content (AvgIpc) is 3.04. The van der Waals surface area contributed by atoms with Crippen LogP contribution in [0.1, 0.15) is 68.2 Å². The number of carbonyl (C=O) groups excluding carboxylic acids is 2. The molecule has 0 aromatic carbocycles. The third-order valence-electron chi connectivity index (χ3n) is 6.95. The maximum absolute atomic E-state index is 13.8. The molecular formula is C23H37N3O5S. The van der Waals surface area contributed by atoms with E-state index in [9.17, 15) is 18.0 Å². The fourth-order valence-electron chi connectivity index (χ4n) is 5.07. The Morgan fingerprint density at radius 1 is 1.03 bits per heavy atom. The van der Waals surface area contributed by atoms with Gasteiger partial charge in [-0.15, -0.1) is 0 Å². The van der Waals surface area contributed by atoms with Gasteiger partial charge in [0.1, 0.15) is 10.5 Å². The molecule has 1 aromatic heterocycles. The molecule has 0 unspecified atom stereocenters. The highest BCUT2D eigenvalue weighted by atomic mass is 32.2. The van der Waals surface area contributed by atoms with Crippen molar-refractivity contribution in [2.24, 2.45) is 11.8 Å². The highest BCUT2D eigenvalue weighted by Gasteiger charge is 2.40. The molecule has 0 aliphatic carbocycles. The first-order valence-electron chi connectivity index (χ1n) is 11.8. The van der Waals surface area contributed by atoms with Gasteiger partial charge in [-0.25, -0.2) is 13.2 Å². The van der Waals surface area contributed by atoms with Gasteiger partial charge < -0.3 is 14.2 Å². The smallest absolute Gasteiger partial charge is 0.341 e. The number of likely N-dealkylation sites (tertiary alicyclic amines) is 1. The number of sulfonamides is 1. The molecule has 2 fully saturated rings. The Morgan fingerprint density at radius 2 is 1.69 bits per heavy atom. The topological polar surface area (TPSA) is 88.9 Å². The molecule has 1 aromatic rings. The van der Waals surface area contributed by atoms with Crippen LogP contribution in [0, 0.1) is 25.7 Å². The van der Waals surface area contributed by atoms with Crippen molar-refractivity contribution in [1.29, 1.82) is 0 Å². The molecule has 8 nitrogen and oxygen atoms in total. The van der Waals surface area contributed by atoms with Crippen molar-refractivity contribution in [3.05, 3.63) is 17.0 Å². The molecule has 1 amide bonds. The largest absolute Gasteiger partial charge is 0.462 e. The van der Waals surface area contributed by atoms with E-state index in [0.717, 1.165) is 25.9 Å². The number of rotatable bonds is 6. The van der Waals surface area contributed by atoms with E-state index in [1.807, 2.05) is 16.4 Å². The number of carbonyl (C=O) groups is 2. The first kappa shape index (κ1) is 24.8. The van der Waals surface area contributed by atoms with Crippen molar-refractivity contribution in [2.75, 3.05) is 32.8 Å². The van der Waals surface area contributed by atoms with E-state index in [1.54, 1.807) is 20.8 Å². The van der Waals surface area contributed by atoms with Crippen molar-refractivity contribution < 1.29 is 22.7 Å². The Morgan fingerprint density at radius 3 is 2.28 bits per heavy atom. The summed E-state index contributed by atoms with van der Waals surface area (Å²) in [5.74, 6) is -0.280. The summed E-state index contributed by atoms with van der Waals surface area (Å²) in [6.45, 7) is 12.0. The van der Waals surface area contributed by atoms with Crippen molar-refractivity contribution >= 4 is 21.9 Å². The average molecular weight is 468 g/mol. The van der Waals surface area contributed by atoms with Crippen LogP contribution in [0.15, 0.2) is 4.90 Å². The molecule has 2 aliphatic heterocycles. The van der Waals surface area contributed by atoms with Gasteiger partial charge in [0.05, 0.1) is 12.5 Å². The number of piperidine rings is 2. The van der Waals surface area contributed by atoms with Crippen LogP contribution in [-0.4, -0.2) is 66.9 Å². The standard InChI is InChI=1S/C23H37N3O5S/c1-6-26-17(4)20(23(28)31-7-2)21(18(26)5)32(29,30)25-12-8-9-19(15-25)22(27)24-13-10-16(3)11-14-24/h16,19H,6-15H2,1-5H3/t19-/m1/s1. The molecule has 180 valence electrons. The number of esters is 1. The highest BCUT2D eigenvalue weighted by Crippen LogP contribution is 2.33. The predicted octanol–water partition coefficient (Wildman–Crippen LogP) is 2.96. The lowest BCUT2D eigenvalue weighted by molar-refractivity contribution is -0.138. The molecule has 1 atom stereocenters. The third kappa shape index (κ3) is 4.59. The number of hydrogen-bond donors (Lipinski definition) is 0. The summed E-state index contributed by atoms with van der Waals surface area (Å²) in [6, 6.07) is 0. The monoisotopic (exact) mass is 467 g/mol. The maximum Gasteiger partial charge on any atom is 0.341 e. The van der Waals surface area contributed by atoms with Gasteiger partial charge in [0.25, 0.3) is 0 Å². The zero-order valence-electron chi connectivity index (χ0n) is 20.0. The minimum atomic E-state index is -3.96. The van der Waals surface area contributed by atoms with E-state index < -0.39 is 16.0 Å². The van der Waals surface area contributed by atoms with Gasteiger partial charge in [-0.3, -0.25) is 4.79 Å². The minimum absolute atomic E-state index is 0.0233. The first-order valence-corrected chi connectivity index (χ1v) is 13.2. The van der Waals surface area contributed by atoms with Gasteiger partial charge in [-0.2, -0.15) is 4.31 Å². The fourth-order valence-corrected chi connectivity index (χ4v) is 7.04. The zero-order valence-corrected chi connectivity index (χ0v) is 20.8. The lowest BCUT2D eigenvalue weighted by Gasteiger charge is -2.37. The molecule has 0 spiro atoms. The Kier molecular flexibility index (Phi) is 7.70. The molecule has 0 bridgehead atoms. The molecule has 9 heteroatoms. The fraction of sp³-hybridized carbons (Fsp3) is 0.739. The van der Waals surface area contributed by atoms with Gasteiger partial charge in [0.15, 0.2) is 0 Å². The number of hydrogen-bond acceptors (Lipinski definition) is 5. The van der Waals surface area contributed by atoms with Crippen molar-refractivity contribution in [1.82, 2.24) is 13.8 Å². The molecule has 32 heavy (non-hydrogen) atoms. The summed E-state index contributed by atoms with van der Waals surface area (Å²) in [4.78, 5) is 27.8.